The maximum Gasteiger partial charge on any atom is 0.293 e. The van der Waals surface area contributed by atoms with Gasteiger partial charge in [0.2, 0.25) is 0 Å². The lowest BCUT2D eigenvalue weighted by Gasteiger charge is -2.14. The summed E-state index contributed by atoms with van der Waals surface area (Å²) in [6.07, 6.45) is 1.72. The molecule has 0 radical (unpaired) electrons. The molecule has 1 saturated heterocycles. The van der Waals surface area contributed by atoms with Crippen LogP contribution in [0, 0.1) is 13.8 Å². The zero-order valence-electron chi connectivity index (χ0n) is 18.8. The van der Waals surface area contributed by atoms with Crippen molar-refractivity contribution >= 4 is 29.0 Å². The summed E-state index contributed by atoms with van der Waals surface area (Å²) in [6.45, 7) is 4.71. The van der Waals surface area contributed by atoms with Gasteiger partial charge in [0.05, 0.1) is 18.6 Å². The first-order valence-electron chi connectivity index (χ1n) is 10.6. The van der Waals surface area contributed by atoms with Crippen LogP contribution in [-0.2, 0) is 17.9 Å². The van der Waals surface area contributed by atoms with Crippen LogP contribution in [0.2, 0.25) is 0 Å². The molecule has 5 nitrogen and oxygen atoms in total. The molecule has 4 rings (SSSR count). The predicted molar refractivity (Wildman–Crippen MR) is 131 cm³/mol. The third-order valence-electron chi connectivity index (χ3n) is 5.43. The maximum absolute atomic E-state index is 12.9. The minimum absolute atomic E-state index is 0.264. The first kappa shape index (κ1) is 22.7. The Morgan fingerprint density at radius 1 is 0.939 bits per heavy atom. The Morgan fingerprint density at radius 2 is 1.76 bits per heavy atom. The van der Waals surface area contributed by atoms with Gasteiger partial charge in [-0.1, -0.05) is 60.2 Å². The van der Waals surface area contributed by atoms with Crippen LogP contribution in [0.15, 0.2) is 71.6 Å². The van der Waals surface area contributed by atoms with E-state index in [0.717, 1.165) is 34.0 Å². The van der Waals surface area contributed by atoms with E-state index in [1.807, 2.05) is 68.4 Å². The molecule has 0 aromatic heterocycles. The van der Waals surface area contributed by atoms with E-state index in [2.05, 4.69) is 6.07 Å². The number of hydrogen-bond acceptors (Lipinski definition) is 5. The van der Waals surface area contributed by atoms with Crippen LogP contribution in [0.25, 0.3) is 6.08 Å². The summed E-state index contributed by atoms with van der Waals surface area (Å²) in [6, 6.07) is 21.4. The van der Waals surface area contributed by atoms with Crippen molar-refractivity contribution in [3.8, 4) is 11.5 Å². The highest BCUT2D eigenvalue weighted by Crippen LogP contribution is 2.35. The Morgan fingerprint density at radius 3 is 2.52 bits per heavy atom. The van der Waals surface area contributed by atoms with E-state index in [0.29, 0.717) is 23.0 Å². The molecule has 0 aliphatic carbocycles. The number of imide groups is 1. The van der Waals surface area contributed by atoms with Gasteiger partial charge in [-0.2, -0.15) is 0 Å². The van der Waals surface area contributed by atoms with Crippen molar-refractivity contribution in [1.29, 1.82) is 0 Å². The van der Waals surface area contributed by atoms with Crippen LogP contribution in [0.1, 0.15) is 27.8 Å². The van der Waals surface area contributed by atoms with Crippen molar-refractivity contribution in [2.45, 2.75) is 27.0 Å². The average molecular weight is 460 g/mol. The molecule has 1 fully saturated rings. The summed E-state index contributed by atoms with van der Waals surface area (Å²) < 4.78 is 11.4. The van der Waals surface area contributed by atoms with Gasteiger partial charge in [-0.15, -0.1) is 0 Å². The molecule has 1 aliphatic rings. The topological polar surface area (TPSA) is 55.8 Å². The molecule has 1 aliphatic heterocycles. The van der Waals surface area contributed by atoms with Crippen LogP contribution >= 0.6 is 11.8 Å². The lowest BCUT2D eigenvalue weighted by molar-refractivity contribution is -0.123. The van der Waals surface area contributed by atoms with Gasteiger partial charge in [-0.25, -0.2) is 0 Å². The smallest absolute Gasteiger partial charge is 0.293 e. The lowest BCUT2D eigenvalue weighted by atomic mass is 10.1. The minimum Gasteiger partial charge on any atom is -0.493 e. The fourth-order valence-electron chi connectivity index (χ4n) is 3.60. The highest BCUT2D eigenvalue weighted by molar-refractivity contribution is 8.18. The molecule has 0 bridgehead atoms. The average Bonchev–Trinajstić information content (AvgIpc) is 3.07. The molecule has 2 amide bonds. The molecule has 0 N–H and O–H groups in total. The first-order valence-corrected chi connectivity index (χ1v) is 11.4. The number of carbonyl (C=O) groups is 2. The maximum atomic E-state index is 12.9. The molecule has 0 unspecified atom stereocenters. The standard InChI is InChI=1S/C27H25NO4S/c1-18-7-6-9-21(13-18)17-32-23-12-11-20(14-24(23)31-3)15-25-26(29)28(27(30)33-25)16-22-10-5-4-8-19(22)2/h4-15H,16-17H2,1-3H3/b25-15-. The largest absolute Gasteiger partial charge is 0.493 e. The summed E-state index contributed by atoms with van der Waals surface area (Å²) in [5, 5.41) is -0.264. The van der Waals surface area contributed by atoms with E-state index in [4.69, 9.17) is 9.47 Å². The third-order valence-corrected chi connectivity index (χ3v) is 6.33. The van der Waals surface area contributed by atoms with Crippen molar-refractivity contribution in [3.05, 3.63) is 99.5 Å². The molecule has 0 spiro atoms. The molecule has 3 aromatic rings. The Kier molecular flexibility index (Phi) is 6.84. The number of benzene rings is 3. The molecule has 3 aromatic carbocycles. The van der Waals surface area contributed by atoms with Crippen molar-refractivity contribution < 1.29 is 19.1 Å². The van der Waals surface area contributed by atoms with E-state index >= 15 is 0 Å². The molecule has 1 heterocycles. The van der Waals surface area contributed by atoms with Gasteiger partial charge in [-0.05, 0) is 66.1 Å². The van der Waals surface area contributed by atoms with Crippen LogP contribution in [0.4, 0.5) is 4.79 Å². The van der Waals surface area contributed by atoms with Crippen LogP contribution in [0.5, 0.6) is 11.5 Å². The summed E-state index contributed by atoms with van der Waals surface area (Å²) in [5.41, 5.74) is 5.01. The number of amides is 2. The van der Waals surface area contributed by atoms with E-state index in [-0.39, 0.29) is 17.7 Å². The molecular formula is C27H25NO4S. The van der Waals surface area contributed by atoms with Crippen LogP contribution in [-0.4, -0.2) is 23.2 Å². The SMILES string of the molecule is COc1cc(/C=C2\SC(=O)N(Cc3ccccc3C)C2=O)ccc1OCc1cccc(C)c1. The Balaban J connectivity index is 1.49. The van der Waals surface area contributed by atoms with Gasteiger partial charge in [0, 0.05) is 0 Å². The quantitative estimate of drug-likeness (QED) is 0.398. The Hall–Kier alpha value is -3.51. The summed E-state index contributed by atoms with van der Waals surface area (Å²) in [4.78, 5) is 27.1. The van der Waals surface area contributed by atoms with E-state index < -0.39 is 0 Å². The molecule has 6 heteroatoms. The fourth-order valence-corrected chi connectivity index (χ4v) is 4.44. The number of ether oxygens (including phenoxy) is 2. The predicted octanol–water partition coefficient (Wildman–Crippen LogP) is 6.13. The van der Waals surface area contributed by atoms with Gasteiger partial charge in [0.25, 0.3) is 11.1 Å². The molecule has 168 valence electrons. The highest BCUT2D eigenvalue weighted by Gasteiger charge is 2.35. The Bertz CT molecular complexity index is 1230. The number of aryl methyl sites for hydroxylation is 2. The van der Waals surface area contributed by atoms with Crippen molar-refractivity contribution in [1.82, 2.24) is 4.90 Å². The number of rotatable bonds is 7. The molecular weight excluding hydrogens is 434 g/mol. The van der Waals surface area contributed by atoms with Gasteiger partial charge in [0.15, 0.2) is 11.5 Å². The summed E-state index contributed by atoms with van der Waals surface area (Å²) >= 11 is 0.955. The lowest BCUT2D eigenvalue weighted by Crippen LogP contribution is -2.27. The number of methoxy groups -OCH3 is 1. The van der Waals surface area contributed by atoms with Crippen LogP contribution in [0.3, 0.4) is 0 Å². The number of hydrogen-bond donors (Lipinski definition) is 0. The second-order valence-corrected chi connectivity index (χ2v) is 8.88. The van der Waals surface area contributed by atoms with E-state index in [9.17, 15) is 9.59 Å². The van der Waals surface area contributed by atoms with Crippen molar-refractivity contribution in [2.75, 3.05) is 7.11 Å². The normalized spacial score (nSPS) is 14.8. The van der Waals surface area contributed by atoms with Crippen molar-refractivity contribution in [2.24, 2.45) is 0 Å². The monoisotopic (exact) mass is 459 g/mol. The fraction of sp³-hybridized carbons (Fsp3) is 0.185. The first-order chi connectivity index (χ1) is 15.9. The third kappa shape index (κ3) is 5.29. The second kappa shape index (κ2) is 9.96. The number of carbonyl (C=O) groups excluding carboxylic acids is 2. The number of nitrogens with zero attached hydrogens (tertiary/aromatic N) is 1. The molecule has 33 heavy (non-hydrogen) atoms. The molecule has 0 atom stereocenters. The van der Waals surface area contributed by atoms with E-state index in [1.165, 1.54) is 10.5 Å². The van der Waals surface area contributed by atoms with Crippen molar-refractivity contribution in [3.63, 3.8) is 0 Å². The van der Waals surface area contributed by atoms with E-state index in [1.54, 1.807) is 19.3 Å². The van der Waals surface area contributed by atoms with Crippen LogP contribution < -0.4 is 9.47 Å². The highest BCUT2D eigenvalue weighted by atomic mass is 32.2. The second-order valence-electron chi connectivity index (χ2n) is 7.88. The van der Waals surface area contributed by atoms with Gasteiger partial charge >= 0.3 is 0 Å². The zero-order valence-corrected chi connectivity index (χ0v) is 19.6. The van der Waals surface area contributed by atoms with Gasteiger partial charge < -0.3 is 9.47 Å². The number of thioether (sulfide) groups is 1. The Labute approximate surface area is 198 Å². The summed E-state index contributed by atoms with van der Waals surface area (Å²) in [7, 11) is 1.58. The zero-order chi connectivity index (χ0) is 23.4. The summed E-state index contributed by atoms with van der Waals surface area (Å²) in [5.74, 6) is 0.895. The minimum atomic E-state index is -0.285. The molecule has 0 saturated carbocycles. The van der Waals surface area contributed by atoms with Gasteiger partial charge in [-0.3, -0.25) is 14.5 Å². The van der Waals surface area contributed by atoms with Gasteiger partial charge in [0.1, 0.15) is 6.61 Å².